The molecule has 0 aliphatic rings. The van der Waals surface area contributed by atoms with Crippen LogP contribution in [0.15, 0.2) is 18.2 Å². The number of hydrogen-bond donors (Lipinski definition) is 3. The van der Waals surface area contributed by atoms with Gasteiger partial charge in [0.25, 0.3) is 0 Å². The minimum Gasteiger partial charge on any atom is -0.396 e. The summed E-state index contributed by atoms with van der Waals surface area (Å²) in [5, 5.41) is 20.3. The van der Waals surface area contributed by atoms with Gasteiger partial charge < -0.3 is 20.4 Å². The third-order valence-electron chi connectivity index (χ3n) is 2.75. The molecule has 0 aromatic heterocycles. The molecule has 0 unspecified atom stereocenters. The Hall–Kier alpha value is -1.66. The van der Waals surface area contributed by atoms with Crippen LogP contribution >= 0.6 is 0 Å². The van der Waals surface area contributed by atoms with E-state index in [9.17, 15) is 9.18 Å². The Morgan fingerprint density at radius 2 is 2.05 bits per heavy atom. The molecule has 1 rings (SSSR count). The van der Waals surface area contributed by atoms with Crippen molar-refractivity contribution in [3.63, 3.8) is 0 Å². The molecule has 19 heavy (non-hydrogen) atoms. The number of carbonyl (C=O) groups is 1. The lowest BCUT2D eigenvalue weighted by Crippen LogP contribution is -2.38. The lowest BCUT2D eigenvalue weighted by Gasteiger charge is -2.22. The maximum absolute atomic E-state index is 13.3. The van der Waals surface area contributed by atoms with Crippen LogP contribution in [0.3, 0.4) is 0 Å². The average Bonchev–Trinajstić information content (AvgIpc) is 2.39. The predicted octanol–water partition coefficient (Wildman–Crippen LogP) is 1.34. The van der Waals surface area contributed by atoms with Gasteiger partial charge in [0, 0.05) is 30.9 Å². The van der Waals surface area contributed by atoms with E-state index in [2.05, 4.69) is 5.32 Å². The first-order valence-corrected chi connectivity index (χ1v) is 6.13. The summed E-state index contributed by atoms with van der Waals surface area (Å²) in [7, 11) is 0. The SMILES string of the molecule is Cc1c(F)cccc1NC(=O)N(CCO)CCCO. The molecule has 0 fully saturated rings. The second-order valence-corrected chi connectivity index (χ2v) is 4.13. The van der Waals surface area contributed by atoms with Crippen molar-refractivity contribution in [2.45, 2.75) is 13.3 Å². The molecule has 0 aliphatic heterocycles. The molecule has 2 amide bonds. The van der Waals surface area contributed by atoms with Crippen molar-refractivity contribution in [2.24, 2.45) is 0 Å². The van der Waals surface area contributed by atoms with Gasteiger partial charge in [-0.2, -0.15) is 0 Å². The molecule has 6 heteroatoms. The summed E-state index contributed by atoms with van der Waals surface area (Å²) in [6.45, 7) is 1.88. The minimum atomic E-state index is -0.420. The molecule has 0 spiro atoms. The summed E-state index contributed by atoms with van der Waals surface area (Å²) in [5.74, 6) is -0.387. The normalized spacial score (nSPS) is 10.3. The number of carbonyl (C=O) groups excluding carboxylic acids is 1. The van der Waals surface area contributed by atoms with Crippen molar-refractivity contribution in [2.75, 3.05) is 31.6 Å². The first-order valence-electron chi connectivity index (χ1n) is 6.13. The fourth-order valence-corrected chi connectivity index (χ4v) is 1.63. The number of rotatable bonds is 6. The molecule has 0 heterocycles. The standard InChI is InChI=1S/C13H19FN2O3/c1-10-11(14)4-2-5-12(10)15-13(19)16(7-9-18)6-3-8-17/h2,4-5,17-18H,3,6-9H2,1H3,(H,15,19). The Morgan fingerprint density at radius 1 is 1.32 bits per heavy atom. The molecule has 0 radical (unpaired) electrons. The Labute approximate surface area is 111 Å². The Bertz CT molecular complexity index is 426. The number of benzene rings is 1. The molecule has 5 nitrogen and oxygen atoms in total. The van der Waals surface area contributed by atoms with E-state index in [0.29, 0.717) is 24.2 Å². The smallest absolute Gasteiger partial charge is 0.321 e. The van der Waals surface area contributed by atoms with Crippen molar-refractivity contribution in [3.05, 3.63) is 29.6 Å². The second-order valence-electron chi connectivity index (χ2n) is 4.13. The molecule has 0 atom stereocenters. The zero-order valence-electron chi connectivity index (χ0n) is 10.9. The monoisotopic (exact) mass is 270 g/mol. The molecule has 106 valence electrons. The first-order chi connectivity index (χ1) is 9.10. The number of urea groups is 1. The van der Waals surface area contributed by atoms with Crippen LogP contribution in [0.5, 0.6) is 0 Å². The molecular weight excluding hydrogens is 251 g/mol. The summed E-state index contributed by atoms with van der Waals surface area (Å²) in [6, 6.07) is 4.03. The van der Waals surface area contributed by atoms with Gasteiger partial charge in [0.2, 0.25) is 0 Å². The van der Waals surface area contributed by atoms with E-state index >= 15 is 0 Å². The van der Waals surface area contributed by atoms with Gasteiger partial charge in [-0.1, -0.05) is 6.07 Å². The zero-order chi connectivity index (χ0) is 14.3. The van der Waals surface area contributed by atoms with Crippen LogP contribution in [0.25, 0.3) is 0 Å². The van der Waals surface area contributed by atoms with Crippen LogP contribution in [0, 0.1) is 12.7 Å². The number of aliphatic hydroxyl groups is 2. The highest BCUT2D eigenvalue weighted by atomic mass is 19.1. The van der Waals surface area contributed by atoms with Crippen LogP contribution in [0.2, 0.25) is 0 Å². The number of aliphatic hydroxyl groups excluding tert-OH is 2. The number of nitrogens with one attached hydrogen (secondary N) is 1. The van der Waals surface area contributed by atoms with E-state index in [-0.39, 0.29) is 25.6 Å². The Kier molecular flexibility index (Phi) is 6.24. The maximum Gasteiger partial charge on any atom is 0.321 e. The fraction of sp³-hybridized carbons (Fsp3) is 0.462. The van der Waals surface area contributed by atoms with Gasteiger partial charge in [0.05, 0.1) is 6.61 Å². The molecule has 0 bridgehead atoms. The lowest BCUT2D eigenvalue weighted by atomic mass is 10.2. The van der Waals surface area contributed by atoms with Gasteiger partial charge in [-0.15, -0.1) is 0 Å². The number of halogens is 1. The molecule has 1 aromatic carbocycles. The van der Waals surface area contributed by atoms with Gasteiger partial charge in [-0.3, -0.25) is 0 Å². The van der Waals surface area contributed by atoms with Crippen molar-refractivity contribution < 1.29 is 19.4 Å². The summed E-state index contributed by atoms with van der Waals surface area (Å²) in [6.07, 6.45) is 0.426. The molecule has 3 N–H and O–H groups in total. The molecule has 1 aromatic rings. The minimum absolute atomic E-state index is 0.0335. The third kappa shape index (κ3) is 4.50. The first kappa shape index (κ1) is 15.4. The summed E-state index contributed by atoms with van der Waals surface area (Å²) < 4.78 is 13.3. The number of amides is 2. The van der Waals surface area contributed by atoms with E-state index in [1.54, 1.807) is 13.0 Å². The summed E-state index contributed by atoms with van der Waals surface area (Å²) in [4.78, 5) is 13.3. The molecule has 0 saturated carbocycles. The molecular formula is C13H19FN2O3. The number of hydrogen-bond acceptors (Lipinski definition) is 3. The van der Waals surface area contributed by atoms with Gasteiger partial charge >= 0.3 is 6.03 Å². The van der Waals surface area contributed by atoms with Gasteiger partial charge in [0.1, 0.15) is 5.82 Å². The second kappa shape index (κ2) is 7.70. The number of anilines is 1. The third-order valence-corrected chi connectivity index (χ3v) is 2.75. The highest BCUT2D eigenvalue weighted by Crippen LogP contribution is 2.17. The van der Waals surface area contributed by atoms with Crippen molar-refractivity contribution in [1.29, 1.82) is 0 Å². The average molecular weight is 270 g/mol. The lowest BCUT2D eigenvalue weighted by molar-refractivity contribution is 0.180. The van der Waals surface area contributed by atoms with Crippen LogP contribution in [-0.2, 0) is 0 Å². The quantitative estimate of drug-likeness (QED) is 0.730. The maximum atomic E-state index is 13.3. The van der Waals surface area contributed by atoms with E-state index in [1.165, 1.54) is 17.0 Å². The van der Waals surface area contributed by atoms with E-state index in [4.69, 9.17) is 10.2 Å². The van der Waals surface area contributed by atoms with Crippen LogP contribution in [0.4, 0.5) is 14.9 Å². The summed E-state index contributed by atoms with van der Waals surface area (Å²) in [5.41, 5.74) is 0.763. The van der Waals surface area contributed by atoms with Gasteiger partial charge in [-0.05, 0) is 25.5 Å². The van der Waals surface area contributed by atoms with E-state index in [1.807, 2.05) is 0 Å². The largest absolute Gasteiger partial charge is 0.396 e. The Morgan fingerprint density at radius 3 is 2.68 bits per heavy atom. The van der Waals surface area contributed by atoms with Gasteiger partial charge in [-0.25, -0.2) is 9.18 Å². The van der Waals surface area contributed by atoms with Crippen molar-refractivity contribution >= 4 is 11.7 Å². The predicted molar refractivity (Wildman–Crippen MR) is 70.5 cm³/mol. The molecule has 0 aliphatic carbocycles. The highest BCUT2D eigenvalue weighted by Gasteiger charge is 2.14. The van der Waals surface area contributed by atoms with Crippen molar-refractivity contribution in [3.8, 4) is 0 Å². The molecule has 0 saturated heterocycles. The number of nitrogens with zero attached hydrogens (tertiary/aromatic N) is 1. The van der Waals surface area contributed by atoms with E-state index in [0.717, 1.165) is 0 Å². The van der Waals surface area contributed by atoms with Gasteiger partial charge in [0.15, 0.2) is 0 Å². The fourth-order valence-electron chi connectivity index (χ4n) is 1.63. The zero-order valence-corrected chi connectivity index (χ0v) is 10.9. The van der Waals surface area contributed by atoms with Crippen LogP contribution in [-0.4, -0.2) is 47.4 Å². The van der Waals surface area contributed by atoms with E-state index < -0.39 is 6.03 Å². The topological polar surface area (TPSA) is 72.8 Å². The highest BCUT2D eigenvalue weighted by molar-refractivity contribution is 5.90. The summed E-state index contributed by atoms with van der Waals surface area (Å²) >= 11 is 0. The van der Waals surface area contributed by atoms with Crippen LogP contribution < -0.4 is 5.32 Å². The van der Waals surface area contributed by atoms with Crippen molar-refractivity contribution in [1.82, 2.24) is 4.90 Å². The van der Waals surface area contributed by atoms with Crippen LogP contribution in [0.1, 0.15) is 12.0 Å². The Balaban J connectivity index is 2.72.